The molecule has 0 spiro atoms. The fourth-order valence-corrected chi connectivity index (χ4v) is 1.81. The van der Waals surface area contributed by atoms with Crippen molar-refractivity contribution in [2.45, 2.75) is 20.8 Å². The molecule has 0 unspecified atom stereocenters. The quantitative estimate of drug-likeness (QED) is 0.757. The summed E-state index contributed by atoms with van der Waals surface area (Å²) in [5, 5.41) is 0. The number of ketones is 1. The van der Waals surface area contributed by atoms with E-state index in [-0.39, 0.29) is 11.6 Å². The zero-order valence-electron chi connectivity index (χ0n) is 11.3. The highest BCUT2D eigenvalue weighted by Crippen LogP contribution is 2.24. The smallest absolute Gasteiger partial charge is 0.168 e. The number of carbonyl (C=O) groups is 1. The number of pyridine rings is 1. The standard InChI is InChI=1S/C16H16FNO/c1-16(2,3)15(19)12-7-8-18-14(10-12)11-5-4-6-13(17)9-11/h4-10H,1-3H3. The molecule has 0 amide bonds. The summed E-state index contributed by atoms with van der Waals surface area (Å²) in [6, 6.07) is 9.60. The third kappa shape index (κ3) is 3.05. The molecule has 1 aromatic heterocycles. The summed E-state index contributed by atoms with van der Waals surface area (Å²) in [7, 11) is 0. The molecule has 0 saturated carbocycles. The Hall–Kier alpha value is -2.03. The van der Waals surface area contributed by atoms with Gasteiger partial charge in [-0.1, -0.05) is 32.9 Å². The van der Waals surface area contributed by atoms with Crippen LogP contribution in [0.1, 0.15) is 31.1 Å². The van der Waals surface area contributed by atoms with Crippen LogP contribution < -0.4 is 0 Å². The Balaban J connectivity index is 2.43. The first-order chi connectivity index (χ1) is 8.88. The number of nitrogens with zero attached hydrogens (tertiary/aromatic N) is 1. The minimum absolute atomic E-state index is 0.0487. The molecule has 0 aliphatic heterocycles. The third-order valence-corrected chi connectivity index (χ3v) is 2.82. The van der Waals surface area contributed by atoms with Crippen LogP contribution in [-0.2, 0) is 0 Å². The highest BCUT2D eigenvalue weighted by atomic mass is 19.1. The average Bonchev–Trinajstić information content (AvgIpc) is 2.37. The lowest BCUT2D eigenvalue weighted by molar-refractivity contribution is 0.0858. The van der Waals surface area contributed by atoms with Crippen LogP contribution in [0, 0.1) is 11.2 Å². The fraction of sp³-hybridized carbons (Fsp3) is 0.250. The Labute approximate surface area is 112 Å². The van der Waals surface area contributed by atoms with Gasteiger partial charge in [-0.15, -0.1) is 0 Å². The molecule has 0 aliphatic rings. The Morgan fingerprint density at radius 1 is 1.16 bits per heavy atom. The van der Waals surface area contributed by atoms with E-state index in [2.05, 4.69) is 4.98 Å². The predicted octanol–water partition coefficient (Wildman–Crippen LogP) is 4.12. The topological polar surface area (TPSA) is 30.0 Å². The van der Waals surface area contributed by atoms with Gasteiger partial charge in [0.1, 0.15) is 5.82 Å². The SMILES string of the molecule is CC(C)(C)C(=O)c1ccnc(-c2cccc(F)c2)c1. The molecule has 0 N–H and O–H groups in total. The van der Waals surface area contributed by atoms with Crippen LogP contribution in [0.25, 0.3) is 11.3 Å². The molecule has 1 aromatic carbocycles. The summed E-state index contributed by atoms with van der Waals surface area (Å²) >= 11 is 0. The van der Waals surface area contributed by atoms with E-state index in [1.54, 1.807) is 30.5 Å². The van der Waals surface area contributed by atoms with Crippen LogP contribution in [0.15, 0.2) is 42.6 Å². The minimum atomic E-state index is -0.444. The van der Waals surface area contributed by atoms with Crippen molar-refractivity contribution in [2.24, 2.45) is 5.41 Å². The molecule has 0 bridgehead atoms. The van der Waals surface area contributed by atoms with Crippen LogP contribution in [0.5, 0.6) is 0 Å². The normalized spacial score (nSPS) is 11.4. The van der Waals surface area contributed by atoms with E-state index in [0.717, 1.165) is 0 Å². The first-order valence-corrected chi connectivity index (χ1v) is 6.15. The zero-order valence-corrected chi connectivity index (χ0v) is 11.3. The number of halogens is 1. The summed E-state index contributed by atoms with van der Waals surface area (Å²) in [4.78, 5) is 16.4. The first-order valence-electron chi connectivity index (χ1n) is 6.15. The van der Waals surface area contributed by atoms with Crippen molar-refractivity contribution >= 4 is 5.78 Å². The van der Waals surface area contributed by atoms with E-state index in [4.69, 9.17) is 0 Å². The number of hydrogen-bond acceptors (Lipinski definition) is 2. The molecule has 0 saturated heterocycles. The van der Waals surface area contributed by atoms with Gasteiger partial charge < -0.3 is 0 Å². The number of rotatable bonds is 2. The second-order valence-electron chi connectivity index (χ2n) is 5.52. The van der Waals surface area contributed by atoms with E-state index in [9.17, 15) is 9.18 Å². The lowest BCUT2D eigenvalue weighted by atomic mass is 9.86. The summed E-state index contributed by atoms with van der Waals surface area (Å²) < 4.78 is 13.2. The van der Waals surface area contributed by atoms with Crippen LogP contribution >= 0.6 is 0 Å². The summed E-state index contributed by atoms with van der Waals surface area (Å²) in [5.74, 6) is -0.264. The Morgan fingerprint density at radius 2 is 1.89 bits per heavy atom. The van der Waals surface area contributed by atoms with Crippen molar-refractivity contribution in [1.82, 2.24) is 4.98 Å². The molecule has 3 heteroatoms. The van der Waals surface area contributed by atoms with Gasteiger partial charge in [-0.05, 0) is 24.3 Å². The maximum absolute atomic E-state index is 13.2. The minimum Gasteiger partial charge on any atom is -0.294 e. The number of aromatic nitrogens is 1. The van der Waals surface area contributed by atoms with Crippen LogP contribution in [0.2, 0.25) is 0 Å². The van der Waals surface area contributed by atoms with E-state index in [1.165, 1.54) is 12.1 Å². The van der Waals surface area contributed by atoms with Crippen LogP contribution in [0.4, 0.5) is 4.39 Å². The summed E-state index contributed by atoms with van der Waals surface area (Å²) in [5.41, 5.74) is 1.43. The highest BCUT2D eigenvalue weighted by molar-refractivity contribution is 6.00. The van der Waals surface area contributed by atoms with Gasteiger partial charge in [-0.3, -0.25) is 9.78 Å². The van der Waals surface area contributed by atoms with Crippen molar-refractivity contribution < 1.29 is 9.18 Å². The Kier molecular flexibility index (Phi) is 3.47. The number of carbonyl (C=O) groups excluding carboxylic acids is 1. The average molecular weight is 257 g/mol. The fourth-order valence-electron chi connectivity index (χ4n) is 1.81. The molecule has 2 rings (SSSR count). The molecule has 0 fully saturated rings. The van der Waals surface area contributed by atoms with E-state index in [0.29, 0.717) is 16.8 Å². The molecule has 1 heterocycles. The number of benzene rings is 1. The van der Waals surface area contributed by atoms with Crippen molar-refractivity contribution in [3.63, 3.8) is 0 Å². The van der Waals surface area contributed by atoms with Gasteiger partial charge in [-0.2, -0.15) is 0 Å². The van der Waals surface area contributed by atoms with Crippen LogP contribution in [-0.4, -0.2) is 10.8 Å². The third-order valence-electron chi connectivity index (χ3n) is 2.82. The lowest BCUT2D eigenvalue weighted by Crippen LogP contribution is -2.20. The van der Waals surface area contributed by atoms with E-state index < -0.39 is 5.41 Å². The van der Waals surface area contributed by atoms with Crippen molar-refractivity contribution in [3.8, 4) is 11.3 Å². The van der Waals surface area contributed by atoms with E-state index >= 15 is 0 Å². The predicted molar refractivity (Wildman–Crippen MR) is 73.4 cm³/mol. The van der Waals surface area contributed by atoms with Gasteiger partial charge in [0.25, 0.3) is 0 Å². The molecule has 2 aromatic rings. The highest BCUT2D eigenvalue weighted by Gasteiger charge is 2.23. The summed E-state index contributed by atoms with van der Waals surface area (Å²) in [6.45, 7) is 5.62. The molecular formula is C16H16FNO. The molecular weight excluding hydrogens is 241 g/mol. The van der Waals surface area contributed by atoms with Crippen molar-refractivity contribution in [1.29, 1.82) is 0 Å². The van der Waals surface area contributed by atoms with Crippen molar-refractivity contribution in [2.75, 3.05) is 0 Å². The molecule has 2 nitrogen and oxygen atoms in total. The molecule has 19 heavy (non-hydrogen) atoms. The molecule has 98 valence electrons. The van der Waals surface area contributed by atoms with Gasteiger partial charge in [0, 0.05) is 22.7 Å². The zero-order chi connectivity index (χ0) is 14.0. The second-order valence-corrected chi connectivity index (χ2v) is 5.52. The summed E-state index contributed by atoms with van der Waals surface area (Å²) in [6.07, 6.45) is 1.58. The first kappa shape index (κ1) is 13.4. The maximum atomic E-state index is 13.2. The molecule has 0 aliphatic carbocycles. The van der Waals surface area contributed by atoms with Gasteiger partial charge in [-0.25, -0.2) is 4.39 Å². The number of hydrogen-bond donors (Lipinski definition) is 0. The van der Waals surface area contributed by atoms with Gasteiger partial charge in [0.2, 0.25) is 0 Å². The van der Waals surface area contributed by atoms with Crippen molar-refractivity contribution in [3.05, 3.63) is 54.0 Å². The number of Topliss-reactive ketones (excluding diaryl/α,β-unsaturated/α-hetero) is 1. The van der Waals surface area contributed by atoms with Crippen LogP contribution in [0.3, 0.4) is 0 Å². The lowest BCUT2D eigenvalue weighted by Gasteiger charge is -2.16. The van der Waals surface area contributed by atoms with E-state index in [1.807, 2.05) is 20.8 Å². The molecule has 0 atom stereocenters. The van der Waals surface area contributed by atoms with Gasteiger partial charge in [0.15, 0.2) is 5.78 Å². The monoisotopic (exact) mass is 257 g/mol. The second kappa shape index (κ2) is 4.92. The Morgan fingerprint density at radius 3 is 2.53 bits per heavy atom. The largest absolute Gasteiger partial charge is 0.294 e. The molecule has 0 radical (unpaired) electrons. The maximum Gasteiger partial charge on any atom is 0.168 e. The van der Waals surface area contributed by atoms with Gasteiger partial charge in [0.05, 0.1) is 5.69 Å². The van der Waals surface area contributed by atoms with Gasteiger partial charge >= 0.3 is 0 Å². The Bertz CT molecular complexity index is 614.